The molecule has 18 heavy (non-hydrogen) atoms. The fourth-order valence-electron chi connectivity index (χ4n) is 1.35. The van der Waals surface area contributed by atoms with Crippen LogP contribution in [0.3, 0.4) is 0 Å². The number of aliphatic hydroxyl groups is 1. The van der Waals surface area contributed by atoms with Crippen molar-refractivity contribution in [1.82, 2.24) is 10.6 Å². The Kier molecular flexibility index (Phi) is 5.87. The third kappa shape index (κ3) is 5.83. The van der Waals surface area contributed by atoms with Crippen LogP contribution in [-0.2, 0) is 9.53 Å². The first-order valence-electron chi connectivity index (χ1n) is 6.03. The first-order valence-corrected chi connectivity index (χ1v) is 6.03. The van der Waals surface area contributed by atoms with E-state index in [1.807, 2.05) is 0 Å². The smallest absolute Gasteiger partial charge is 0.328 e. The normalized spacial score (nSPS) is 17.9. The SMILES string of the molecule is CC(O)C(NC(=O)NCCOCC1CC1)C(=O)O. The molecule has 0 heterocycles. The van der Waals surface area contributed by atoms with Crippen molar-refractivity contribution in [2.45, 2.75) is 31.9 Å². The van der Waals surface area contributed by atoms with E-state index in [2.05, 4.69) is 10.6 Å². The fraction of sp³-hybridized carbons (Fsp3) is 0.818. The topological polar surface area (TPSA) is 108 Å². The lowest BCUT2D eigenvalue weighted by atomic mass is 10.2. The van der Waals surface area contributed by atoms with Crippen molar-refractivity contribution in [3.05, 3.63) is 0 Å². The van der Waals surface area contributed by atoms with Gasteiger partial charge in [-0.2, -0.15) is 0 Å². The molecule has 1 aliphatic rings. The second-order valence-electron chi connectivity index (χ2n) is 4.48. The van der Waals surface area contributed by atoms with E-state index in [9.17, 15) is 9.59 Å². The molecule has 0 aliphatic heterocycles. The minimum absolute atomic E-state index is 0.310. The van der Waals surface area contributed by atoms with Gasteiger partial charge in [0.1, 0.15) is 0 Å². The Bertz CT molecular complexity index is 291. The van der Waals surface area contributed by atoms with E-state index in [1.165, 1.54) is 19.8 Å². The molecule has 0 aromatic rings. The third-order valence-electron chi connectivity index (χ3n) is 2.62. The molecule has 2 amide bonds. The molecule has 1 aliphatic carbocycles. The van der Waals surface area contributed by atoms with Crippen molar-refractivity contribution in [3.8, 4) is 0 Å². The summed E-state index contributed by atoms with van der Waals surface area (Å²) in [7, 11) is 0. The van der Waals surface area contributed by atoms with Crippen LogP contribution >= 0.6 is 0 Å². The number of aliphatic carboxylic acids is 1. The molecule has 0 aromatic heterocycles. The summed E-state index contributed by atoms with van der Waals surface area (Å²) in [5.74, 6) is -0.601. The zero-order valence-corrected chi connectivity index (χ0v) is 10.4. The number of carboxylic acids is 1. The van der Waals surface area contributed by atoms with E-state index in [-0.39, 0.29) is 0 Å². The van der Waals surface area contributed by atoms with Crippen molar-refractivity contribution in [2.75, 3.05) is 19.8 Å². The number of nitrogens with one attached hydrogen (secondary N) is 2. The summed E-state index contributed by atoms with van der Waals surface area (Å²) in [6.07, 6.45) is 1.27. The summed E-state index contributed by atoms with van der Waals surface area (Å²) in [6, 6.07) is -1.93. The van der Waals surface area contributed by atoms with Crippen LogP contribution in [0.25, 0.3) is 0 Å². The monoisotopic (exact) mass is 260 g/mol. The van der Waals surface area contributed by atoms with Crippen LogP contribution in [0.15, 0.2) is 0 Å². The van der Waals surface area contributed by atoms with Crippen LogP contribution in [0.2, 0.25) is 0 Å². The zero-order chi connectivity index (χ0) is 13.5. The third-order valence-corrected chi connectivity index (χ3v) is 2.62. The van der Waals surface area contributed by atoms with Gasteiger partial charge in [-0.1, -0.05) is 0 Å². The van der Waals surface area contributed by atoms with E-state index >= 15 is 0 Å². The van der Waals surface area contributed by atoms with Gasteiger partial charge in [-0.3, -0.25) is 0 Å². The number of amides is 2. The molecule has 1 saturated carbocycles. The summed E-state index contributed by atoms with van der Waals surface area (Å²) in [4.78, 5) is 22.0. The number of urea groups is 1. The Morgan fingerprint density at radius 1 is 1.44 bits per heavy atom. The average molecular weight is 260 g/mol. The molecule has 0 bridgehead atoms. The van der Waals surface area contributed by atoms with Gasteiger partial charge in [0, 0.05) is 13.2 Å². The maximum absolute atomic E-state index is 11.3. The molecular formula is C11H20N2O5. The molecule has 0 aromatic carbocycles. The Hall–Kier alpha value is -1.34. The number of aliphatic hydroxyl groups excluding tert-OH is 1. The van der Waals surface area contributed by atoms with Gasteiger partial charge >= 0.3 is 12.0 Å². The van der Waals surface area contributed by atoms with Crippen LogP contribution in [0.1, 0.15) is 19.8 Å². The molecule has 4 N–H and O–H groups in total. The summed E-state index contributed by atoms with van der Waals surface area (Å²) in [6.45, 7) is 2.73. The highest BCUT2D eigenvalue weighted by atomic mass is 16.5. The van der Waals surface area contributed by atoms with Crippen molar-refractivity contribution in [2.24, 2.45) is 5.92 Å². The predicted molar refractivity (Wildman–Crippen MR) is 63.2 cm³/mol. The van der Waals surface area contributed by atoms with Crippen molar-refractivity contribution < 1.29 is 24.5 Å². The van der Waals surface area contributed by atoms with E-state index in [4.69, 9.17) is 14.9 Å². The number of carbonyl (C=O) groups is 2. The lowest BCUT2D eigenvalue weighted by molar-refractivity contribution is -0.141. The first-order chi connectivity index (χ1) is 8.50. The second-order valence-corrected chi connectivity index (χ2v) is 4.48. The largest absolute Gasteiger partial charge is 0.480 e. The van der Waals surface area contributed by atoms with Crippen molar-refractivity contribution in [3.63, 3.8) is 0 Å². The summed E-state index contributed by atoms with van der Waals surface area (Å²) in [5, 5.41) is 22.5. The molecule has 1 rings (SSSR count). The Labute approximate surface area is 106 Å². The predicted octanol–water partition coefficient (Wildman–Crippen LogP) is -0.454. The highest BCUT2D eigenvalue weighted by Crippen LogP contribution is 2.28. The Morgan fingerprint density at radius 2 is 2.11 bits per heavy atom. The minimum atomic E-state index is -1.31. The maximum Gasteiger partial charge on any atom is 0.328 e. The van der Waals surface area contributed by atoms with Gasteiger partial charge < -0.3 is 25.6 Å². The number of hydrogen-bond donors (Lipinski definition) is 4. The Balaban J connectivity index is 2.08. The zero-order valence-electron chi connectivity index (χ0n) is 10.4. The van der Waals surface area contributed by atoms with Gasteiger partial charge in [0.05, 0.1) is 12.7 Å². The summed E-state index contributed by atoms with van der Waals surface area (Å²) < 4.78 is 5.30. The molecule has 1 fully saturated rings. The van der Waals surface area contributed by atoms with Gasteiger partial charge in [-0.05, 0) is 25.7 Å². The van der Waals surface area contributed by atoms with Crippen LogP contribution in [0.4, 0.5) is 4.79 Å². The lowest BCUT2D eigenvalue weighted by Crippen LogP contribution is -2.51. The molecule has 0 saturated heterocycles. The number of hydrogen-bond acceptors (Lipinski definition) is 4. The molecule has 104 valence electrons. The molecule has 7 heteroatoms. The number of ether oxygens (including phenoxy) is 1. The lowest BCUT2D eigenvalue weighted by Gasteiger charge is -2.17. The molecule has 2 unspecified atom stereocenters. The van der Waals surface area contributed by atoms with Crippen LogP contribution < -0.4 is 10.6 Å². The first kappa shape index (κ1) is 14.7. The van der Waals surface area contributed by atoms with E-state index in [0.717, 1.165) is 0 Å². The number of carbonyl (C=O) groups excluding carboxylic acids is 1. The van der Waals surface area contributed by atoms with Crippen LogP contribution in [0.5, 0.6) is 0 Å². The molecular weight excluding hydrogens is 240 g/mol. The standard InChI is InChI=1S/C11H20N2O5/c1-7(14)9(10(15)16)13-11(17)12-4-5-18-6-8-2-3-8/h7-9,14H,2-6H2,1H3,(H,15,16)(H2,12,13,17). The molecule has 2 atom stereocenters. The second kappa shape index (κ2) is 7.17. The quantitative estimate of drug-likeness (QED) is 0.442. The number of carboxylic acid groups (broad SMARTS) is 1. The van der Waals surface area contributed by atoms with Gasteiger partial charge in [-0.15, -0.1) is 0 Å². The number of rotatable bonds is 8. The maximum atomic E-state index is 11.3. The molecule has 0 spiro atoms. The van der Waals surface area contributed by atoms with Crippen molar-refractivity contribution >= 4 is 12.0 Å². The van der Waals surface area contributed by atoms with Gasteiger partial charge in [-0.25, -0.2) is 9.59 Å². The highest BCUT2D eigenvalue weighted by molar-refractivity contribution is 5.82. The van der Waals surface area contributed by atoms with Gasteiger partial charge in [0.25, 0.3) is 0 Å². The summed E-state index contributed by atoms with van der Waals surface area (Å²) >= 11 is 0. The van der Waals surface area contributed by atoms with Crippen molar-refractivity contribution in [1.29, 1.82) is 0 Å². The van der Waals surface area contributed by atoms with E-state index in [1.54, 1.807) is 0 Å². The summed E-state index contributed by atoms with van der Waals surface area (Å²) in [5.41, 5.74) is 0. The molecule has 0 radical (unpaired) electrons. The van der Waals surface area contributed by atoms with Gasteiger partial charge in [0.2, 0.25) is 0 Å². The van der Waals surface area contributed by atoms with Gasteiger partial charge in [0.15, 0.2) is 6.04 Å². The van der Waals surface area contributed by atoms with E-state index < -0.39 is 24.1 Å². The average Bonchev–Trinajstić information content (AvgIpc) is 3.08. The van der Waals surface area contributed by atoms with Crippen LogP contribution in [-0.4, -0.2) is 54.1 Å². The highest BCUT2D eigenvalue weighted by Gasteiger charge is 2.24. The minimum Gasteiger partial charge on any atom is -0.480 e. The van der Waals surface area contributed by atoms with E-state index in [0.29, 0.717) is 25.7 Å². The molecule has 7 nitrogen and oxygen atoms in total. The van der Waals surface area contributed by atoms with Crippen LogP contribution in [0, 0.1) is 5.92 Å². The fourth-order valence-corrected chi connectivity index (χ4v) is 1.35. The Morgan fingerprint density at radius 3 is 2.61 bits per heavy atom.